The van der Waals surface area contributed by atoms with Gasteiger partial charge in [0.05, 0.1) is 29.3 Å². The van der Waals surface area contributed by atoms with Crippen molar-refractivity contribution in [2.24, 2.45) is 0 Å². The Morgan fingerprint density at radius 2 is 1.96 bits per heavy atom. The number of hydrogen-bond acceptors (Lipinski definition) is 6. The van der Waals surface area contributed by atoms with Gasteiger partial charge in [-0.1, -0.05) is 12.1 Å². The van der Waals surface area contributed by atoms with Crippen LogP contribution < -0.4 is 10.2 Å². The number of carbonyl (C=O) groups is 1. The quantitative estimate of drug-likeness (QED) is 0.636. The van der Waals surface area contributed by atoms with E-state index in [1.807, 2.05) is 55.7 Å². The molecule has 2 aromatic heterocycles. The maximum absolute atomic E-state index is 12.3. The number of hydrogen-bond donors (Lipinski definition) is 1. The van der Waals surface area contributed by atoms with E-state index in [1.54, 1.807) is 23.7 Å². The molecule has 1 aromatic carbocycles. The van der Waals surface area contributed by atoms with E-state index in [4.69, 9.17) is 0 Å². The van der Waals surface area contributed by atoms with Crippen molar-refractivity contribution in [3.63, 3.8) is 0 Å². The number of rotatable bonds is 7. The van der Waals surface area contributed by atoms with Gasteiger partial charge in [0.25, 0.3) is 5.91 Å². The summed E-state index contributed by atoms with van der Waals surface area (Å²) in [5.74, 6) is 0.737. The van der Waals surface area contributed by atoms with Gasteiger partial charge in [0, 0.05) is 36.6 Å². The summed E-state index contributed by atoms with van der Waals surface area (Å²) < 4.78 is 0. The Balaban J connectivity index is 1.55. The average molecular weight is 382 g/mol. The minimum Gasteiger partial charge on any atom is -0.361 e. The zero-order valence-electron chi connectivity index (χ0n) is 15.8. The van der Waals surface area contributed by atoms with E-state index in [0.717, 1.165) is 35.6 Å². The van der Waals surface area contributed by atoms with Crippen LogP contribution in [0.1, 0.15) is 27.3 Å². The number of anilines is 1. The second-order valence-corrected chi connectivity index (χ2v) is 7.39. The number of thiazole rings is 1. The monoisotopic (exact) mass is 381 g/mol. The van der Waals surface area contributed by atoms with Crippen LogP contribution in [0.5, 0.6) is 0 Å². The van der Waals surface area contributed by atoms with Crippen LogP contribution in [-0.4, -0.2) is 41.5 Å². The molecular formula is C20H23N5OS. The molecule has 1 amide bonds. The summed E-state index contributed by atoms with van der Waals surface area (Å²) in [5.41, 5.74) is 5.31. The van der Waals surface area contributed by atoms with Gasteiger partial charge in [-0.2, -0.15) is 0 Å². The van der Waals surface area contributed by atoms with E-state index < -0.39 is 0 Å². The number of nitrogens with zero attached hydrogens (tertiary/aromatic N) is 4. The largest absolute Gasteiger partial charge is 0.361 e. The molecule has 0 aliphatic carbocycles. The lowest BCUT2D eigenvalue weighted by Gasteiger charge is -2.11. The van der Waals surface area contributed by atoms with E-state index in [0.29, 0.717) is 12.1 Å². The molecule has 0 saturated carbocycles. The molecule has 7 heteroatoms. The maximum atomic E-state index is 12.3. The first kappa shape index (κ1) is 19.0. The molecule has 3 rings (SSSR count). The molecule has 0 atom stereocenters. The number of aryl methyl sites for hydroxylation is 2. The third-order valence-electron chi connectivity index (χ3n) is 4.23. The van der Waals surface area contributed by atoms with Crippen LogP contribution in [-0.2, 0) is 6.42 Å². The molecule has 0 radical (unpaired) electrons. The summed E-state index contributed by atoms with van der Waals surface area (Å²) in [4.78, 5) is 28.5. The van der Waals surface area contributed by atoms with E-state index >= 15 is 0 Å². The van der Waals surface area contributed by atoms with Crippen molar-refractivity contribution in [1.82, 2.24) is 20.3 Å². The first-order chi connectivity index (χ1) is 13.0. The fourth-order valence-electron chi connectivity index (χ4n) is 2.62. The first-order valence-electron chi connectivity index (χ1n) is 8.81. The fraction of sp³-hybridized carbons (Fsp3) is 0.300. The van der Waals surface area contributed by atoms with Gasteiger partial charge in [0.15, 0.2) is 0 Å². The second kappa shape index (κ2) is 8.73. The number of nitrogens with one attached hydrogen (secondary N) is 1. The number of amides is 1. The number of carbonyl (C=O) groups excluding carboxylic acids is 1. The molecule has 0 spiro atoms. The normalized spacial score (nSPS) is 10.6. The third-order valence-corrected chi connectivity index (χ3v) is 5.23. The average Bonchev–Trinajstić information content (AvgIpc) is 3.10. The standard InChI is InChI=1S/C20H23N5OS/c1-14-18(27-13-23-14)5-4-10-22-20(26)16-8-6-15(7-9-16)17-11-21-12-19(24-17)25(2)3/h6-9,11-13H,4-5,10H2,1-3H3,(H,22,26). The lowest BCUT2D eigenvalue weighted by molar-refractivity contribution is 0.0953. The van der Waals surface area contributed by atoms with Crippen molar-refractivity contribution in [1.29, 1.82) is 0 Å². The molecule has 3 aromatic rings. The van der Waals surface area contributed by atoms with Gasteiger partial charge < -0.3 is 10.2 Å². The van der Waals surface area contributed by atoms with Gasteiger partial charge in [-0.25, -0.2) is 9.97 Å². The van der Waals surface area contributed by atoms with E-state index in [-0.39, 0.29) is 5.91 Å². The van der Waals surface area contributed by atoms with Crippen LogP contribution in [0, 0.1) is 6.92 Å². The summed E-state index contributed by atoms with van der Waals surface area (Å²) in [7, 11) is 3.86. The lowest BCUT2D eigenvalue weighted by Crippen LogP contribution is -2.24. The van der Waals surface area contributed by atoms with Crippen molar-refractivity contribution >= 4 is 23.1 Å². The summed E-state index contributed by atoms with van der Waals surface area (Å²) in [6.45, 7) is 2.67. The minimum atomic E-state index is -0.0595. The van der Waals surface area contributed by atoms with Crippen molar-refractivity contribution in [3.8, 4) is 11.3 Å². The highest BCUT2D eigenvalue weighted by Gasteiger charge is 2.08. The number of aromatic nitrogens is 3. The van der Waals surface area contributed by atoms with Crippen LogP contribution in [0.15, 0.2) is 42.2 Å². The van der Waals surface area contributed by atoms with Crippen LogP contribution in [0.3, 0.4) is 0 Å². The van der Waals surface area contributed by atoms with E-state index in [2.05, 4.69) is 20.3 Å². The zero-order chi connectivity index (χ0) is 19.2. The summed E-state index contributed by atoms with van der Waals surface area (Å²) in [6.07, 6.45) is 5.29. The highest BCUT2D eigenvalue weighted by Crippen LogP contribution is 2.19. The Bertz CT molecular complexity index is 905. The van der Waals surface area contributed by atoms with Gasteiger partial charge in [-0.05, 0) is 31.9 Å². The molecule has 6 nitrogen and oxygen atoms in total. The van der Waals surface area contributed by atoms with Crippen molar-refractivity contribution < 1.29 is 4.79 Å². The highest BCUT2D eigenvalue weighted by molar-refractivity contribution is 7.09. The topological polar surface area (TPSA) is 71.0 Å². The van der Waals surface area contributed by atoms with Crippen LogP contribution in [0.25, 0.3) is 11.3 Å². The molecule has 0 aliphatic rings. The van der Waals surface area contributed by atoms with Gasteiger partial charge in [0.1, 0.15) is 5.82 Å². The molecule has 0 aliphatic heterocycles. The molecule has 0 unspecified atom stereocenters. The minimum absolute atomic E-state index is 0.0595. The summed E-state index contributed by atoms with van der Waals surface area (Å²) in [6, 6.07) is 7.45. The smallest absolute Gasteiger partial charge is 0.251 e. The predicted octanol–water partition coefficient (Wildman–Crippen LogP) is 3.34. The molecule has 2 heterocycles. The SMILES string of the molecule is Cc1ncsc1CCCNC(=O)c1ccc(-c2cncc(N(C)C)n2)cc1. The van der Waals surface area contributed by atoms with E-state index in [1.165, 1.54) is 4.88 Å². The molecular weight excluding hydrogens is 358 g/mol. The van der Waals surface area contributed by atoms with Gasteiger partial charge in [-0.15, -0.1) is 11.3 Å². The van der Waals surface area contributed by atoms with Crippen molar-refractivity contribution in [3.05, 3.63) is 58.3 Å². The number of benzene rings is 1. The van der Waals surface area contributed by atoms with Crippen LogP contribution in [0.4, 0.5) is 5.82 Å². The molecule has 1 N–H and O–H groups in total. The van der Waals surface area contributed by atoms with Gasteiger partial charge >= 0.3 is 0 Å². The lowest BCUT2D eigenvalue weighted by atomic mass is 10.1. The van der Waals surface area contributed by atoms with Crippen molar-refractivity contribution in [2.75, 3.05) is 25.5 Å². The van der Waals surface area contributed by atoms with E-state index in [9.17, 15) is 4.79 Å². The Kier molecular flexibility index (Phi) is 6.13. The Labute approximate surface area is 163 Å². The maximum Gasteiger partial charge on any atom is 0.251 e. The molecule has 140 valence electrons. The Morgan fingerprint density at radius 1 is 1.19 bits per heavy atom. The first-order valence-corrected chi connectivity index (χ1v) is 9.69. The molecule has 0 saturated heterocycles. The predicted molar refractivity (Wildman–Crippen MR) is 109 cm³/mol. The third kappa shape index (κ3) is 4.89. The van der Waals surface area contributed by atoms with Crippen LogP contribution in [0.2, 0.25) is 0 Å². The summed E-state index contributed by atoms with van der Waals surface area (Å²) in [5, 5.41) is 2.97. The zero-order valence-corrected chi connectivity index (χ0v) is 16.6. The Morgan fingerprint density at radius 3 is 2.63 bits per heavy atom. The fourth-order valence-corrected chi connectivity index (χ4v) is 3.45. The molecule has 0 fully saturated rings. The van der Waals surface area contributed by atoms with Gasteiger partial charge in [-0.3, -0.25) is 9.78 Å². The van der Waals surface area contributed by atoms with Crippen LogP contribution >= 0.6 is 11.3 Å². The molecule has 0 bridgehead atoms. The van der Waals surface area contributed by atoms with Gasteiger partial charge in [0.2, 0.25) is 0 Å². The van der Waals surface area contributed by atoms with Crippen molar-refractivity contribution in [2.45, 2.75) is 19.8 Å². The molecule has 27 heavy (non-hydrogen) atoms. The second-order valence-electron chi connectivity index (χ2n) is 6.45. The Hall–Kier alpha value is -2.80. The highest BCUT2D eigenvalue weighted by atomic mass is 32.1. The summed E-state index contributed by atoms with van der Waals surface area (Å²) >= 11 is 1.67.